The summed E-state index contributed by atoms with van der Waals surface area (Å²) in [5.74, 6) is 1.76. The molecule has 1 aromatic carbocycles. The Labute approximate surface area is 121 Å². The van der Waals surface area contributed by atoms with Gasteiger partial charge in [-0.05, 0) is 36.5 Å². The van der Waals surface area contributed by atoms with Crippen LogP contribution in [0.4, 0.5) is 11.4 Å². The molecule has 7 nitrogen and oxygen atoms in total. The van der Waals surface area contributed by atoms with Crippen LogP contribution < -0.4 is 10.5 Å². The zero-order valence-corrected chi connectivity index (χ0v) is 12.2. The maximum Gasteiger partial charge on any atom is 0.289 e. The summed E-state index contributed by atoms with van der Waals surface area (Å²) >= 11 is 1.77. The van der Waals surface area contributed by atoms with Gasteiger partial charge in [0.1, 0.15) is 0 Å². The molecule has 0 amide bonds. The van der Waals surface area contributed by atoms with E-state index in [2.05, 4.69) is 4.72 Å². The summed E-state index contributed by atoms with van der Waals surface area (Å²) in [5.41, 5.74) is 5.25. The monoisotopic (exact) mass is 317 g/mol. The van der Waals surface area contributed by atoms with Gasteiger partial charge in [-0.25, -0.2) is 13.1 Å². The van der Waals surface area contributed by atoms with Crippen LogP contribution in [0.25, 0.3) is 0 Å². The maximum absolute atomic E-state index is 12.3. The molecule has 0 unspecified atom stereocenters. The van der Waals surface area contributed by atoms with Crippen molar-refractivity contribution in [1.29, 1.82) is 0 Å². The fourth-order valence-electron chi connectivity index (χ4n) is 2.00. The zero-order chi connectivity index (χ0) is 14.8. The Morgan fingerprint density at radius 3 is 2.60 bits per heavy atom. The fraction of sp³-hybridized carbons (Fsp3) is 0.455. The van der Waals surface area contributed by atoms with Crippen LogP contribution in [0.15, 0.2) is 23.1 Å². The number of hydrogen-bond acceptors (Lipinski definition) is 6. The van der Waals surface area contributed by atoms with E-state index < -0.39 is 20.6 Å². The molecule has 1 aliphatic heterocycles. The number of nitrogens with two attached hydrogens (primary N) is 1. The first kappa shape index (κ1) is 15.1. The van der Waals surface area contributed by atoms with Crippen molar-refractivity contribution in [3.8, 4) is 0 Å². The summed E-state index contributed by atoms with van der Waals surface area (Å²) < 4.78 is 27.1. The van der Waals surface area contributed by atoms with Crippen LogP contribution in [0.3, 0.4) is 0 Å². The van der Waals surface area contributed by atoms with E-state index in [1.54, 1.807) is 11.8 Å². The molecule has 1 aliphatic rings. The topological polar surface area (TPSA) is 115 Å². The summed E-state index contributed by atoms with van der Waals surface area (Å²) in [6.07, 6.45) is 1.44. The van der Waals surface area contributed by atoms with Gasteiger partial charge in [0.15, 0.2) is 4.90 Å². The van der Waals surface area contributed by atoms with Gasteiger partial charge in [-0.3, -0.25) is 10.1 Å². The van der Waals surface area contributed by atoms with E-state index in [1.807, 2.05) is 0 Å². The number of thioether (sulfide) groups is 1. The Morgan fingerprint density at radius 2 is 2.00 bits per heavy atom. The highest BCUT2D eigenvalue weighted by Crippen LogP contribution is 2.27. The molecule has 2 rings (SSSR count). The van der Waals surface area contributed by atoms with E-state index in [4.69, 9.17) is 5.73 Å². The number of hydrogen-bond donors (Lipinski definition) is 2. The maximum atomic E-state index is 12.3. The van der Waals surface area contributed by atoms with E-state index in [1.165, 1.54) is 6.07 Å². The Kier molecular flexibility index (Phi) is 4.51. The van der Waals surface area contributed by atoms with Crippen molar-refractivity contribution < 1.29 is 13.3 Å². The lowest BCUT2D eigenvalue weighted by molar-refractivity contribution is -0.387. The van der Waals surface area contributed by atoms with Crippen molar-refractivity contribution in [3.63, 3.8) is 0 Å². The van der Waals surface area contributed by atoms with E-state index >= 15 is 0 Å². The Balaban J connectivity index is 2.32. The van der Waals surface area contributed by atoms with Crippen LogP contribution >= 0.6 is 11.8 Å². The first-order valence-electron chi connectivity index (χ1n) is 6.04. The molecule has 1 fully saturated rings. The molecule has 1 aromatic rings. The average Bonchev–Trinajstić information content (AvgIpc) is 2.39. The molecular weight excluding hydrogens is 302 g/mol. The molecular formula is C11H15N3O4S2. The third-order valence-electron chi connectivity index (χ3n) is 3.01. The number of nitrogens with zero attached hydrogens (tertiary/aromatic N) is 1. The standard InChI is InChI=1S/C11H15N3O4S2/c12-8-1-2-10(14(15)16)11(7-8)20(17,18)13-9-3-5-19-6-4-9/h1-2,7,9,13H,3-6,12H2. The van der Waals surface area contributed by atoms with E-state index in [0.717, 1.165) is 36.5 Å². The van der Waals surface area contributed by atoms with Gasteiger partial charge < -0.3 is 5.73 Å². The summed E-state index contributed by atoms with van der Waals surface area (Å²) in [7, 11) is -3.94. The minimum absolute atomic E-state index is 0.176. The molecule has 0 spiro atoms. The van der Waals surface area contributed by atoms with E-state index in [-0.39, 0.29) is 16.6 Å². The number of nitrogens with one attached hydrogen (secondary N) is 1. The Morgan fingerprint density at radius 1 is 1.35 bits per heavy atom. The number of nitrogen functional groups attached to an aromatic ring is 1. The predicted molar refractivity (Wildman–Crippen MR) is 78.2 cm³/mol. The molecule has 0 bridgehead atoms. The molecule has 110 valence electrons. The average molecular weight is 317 g/mol. The largest absolute Gasteiger partial charge is 0.399 e. The van der Waals surface area contributed by atoms with Gasteiger partial charge in [0, 0.05) is 17.8 Å². The minimum Gasteiger partial charge on any atom is -0.399 e. The van der Waals surface area contributed by atoms with Crippen LogP contribution in [0.2, 0.25) is 0 Å². The molecule has 3 N–H and O–H groups in total. The lowest BCUT2D eigenvalue weighted by Gasteiger charge is -2.22. The third-order valence-corrected chi connectivity index (χ3v) is 5.61. The van der Waals surface area contributed by atoms with Crippen molar-refractivity contribution in [2.45, 2.75) is 23.8 Å². The van der Waals surface area contributed by atoms with Gasteiger partial charge in [-0.2, -0.15) is 11.8 Å². The SMILES string of the molecule is Nc1ccc([N+](=O)[O-])c(S(=O)(=O)NC2CCSCC2)c1. The lowest BCUT2D eigenvalue weighted by Crippen LogP contribution is -2.37. The van der Waals surface area contributed by atoms with Gasteiger partial charge >= 0.3 is 0 Å². The van der Waals surface area contributed by atoms with Crippen LogP contribution in [0.1, 0.15) is 12.8 Å². The molecule has 9 heteroatoms. The number of benzene rings is 1. The van der Waals surface area contributed by atoms with Crippen LogP contribution in [-0.4, -0.2) is 30.9 Å². The number of sulfonamides is 1. The Bertz CT molecular complexity index is 612. The summed E-state index contributed by atoms with van der Waals surface area (Å²) in [6.45, 7) is 0. The quantitative estimate of drug-likeness (QED) is 0.492. The molecule has 1 heterocycles. The van der Waals surface area contributed by atoms with Crippen molar-refractivity contribution in [3.05, 3.63) is 28.3 Å². The van der Waals surface area contributed by atoms with Gasteiger partial charge in [0.05, 0.1) is 4.92 Å². The first-order chi connectivity index (χ1) is 9.40. The zero-order valence-electron chi connectivity index (χ0n) is 10.6. The molecule has 0 aromatic heterocycles. The molecule has 0 aliphatic carbocycles. The molecule has 0 atom stereocenters. The number of nitro groups is 1. The van der Waals surface area contributed by atoms with Crippen LogP contribution in [0.5, 0.6) is 0 Å². The normalized spacial score (nSPS) is 17.0. The van der Waals surface area contributed by atoms with E-state index in [9.17, 15) is 18.5 Å². The third kappa shape index (κ3) is 3.41. The number of nitro benzene ring substituents is 1. The highest BCUT2D eigenvalue weighted by molar-refractivity contribution is 7.99. The van der Waals surface area contributed by atoms with Gasteiger partial charge in [0.25, 0.3) is 5.69 Å². The van der Waals surface area contributed by atoms with Crippen molar-refractivity contribution in [1.82, 2.24) is 4.72 Å². The lowest BCUT2D eigenvalue weighted by atomic mass is 10.2. The number of anilines is 1. The van der Waals surface area contributed by atoms with Gasteiger partial charge in [0.2, 0.25) is 10.0 Å². The first-order valence-corrected chi connectivity index (χ1v) is 8.68. The summed E-state index contributed by atoms with van der Waals surface area (Å²) in [4.78, 5) is 9.85. The molecule has 0 saturated carbocycles. The molecule has 20 heavy (non-hydrogen) atoms. The smallest absolute Gasteiger partial charge is 0.289 e. The second-order valence-corrected chi connectivity index (χ2v) is 7.40. The summed E-state index contributed by atoms with van der Waals surface area (Å²) in [5, 5.41) is 10.9. The second kappa shape index (κ2) is 5.98. The van der Waals surface area contributed by atoms with Crippen molar-refractivity contribution in [2.75, 3.05) is 17.2 Å². The predicted octanol–water partition coefficient (Wildman–Crippen LogP) is 1.35. The molecule has 1 saturated heterocycles. The van der Waals surface area contributed by atoms with Crippen molar-refractivity contribution in [2.24, 2.45) is 0 Å². The second-order valence-electron chi connectivity index (χ2n) is 4.49. The van der Waals surface area contributed by atoms with E-state index in [0.29, 0.717) is 0 Å². The van der Waals surface area contributed by atoms with Gasteiger partial charge in [-0.1, -0.05) is 0 Å². The highest BCUT2D eigenvalue weighted by atomic mass is 32.2. The van der Waals surface area contributed by atoms with Gasteiger partial charge in [-0.15, -0.1) is 0 Å². The highest BCUT2D eigenvalue weighted by Gasteiger charge is 2.29. The van der Waals surface area contributed by atoms with Crippen LogP contribution in [0, 0.1) is 10.1 Å². The Hall–Kier alpha value is -1.32. The summed E-state index contributed by atoms with van der Waals surface area (Å²) in [6, 6.07) is 3.37. The fourth-order valence-corrected chi connectivity index (χ4v) is 4.61. The number of rotatable bonds is 4. The van der Waals surface area contributed by atoms with Crippen molar-refractivity contribution >= 4 is 33.2 Å². The van der Waals surface area contributed by atoms with Crippen LogP contribution in [-0.2, 0) is 10.0 Å². The molecule has 0 radical (unpaired) electrons. The minimum atomic E-state index is -3.94.